The van der Waals surface area contributed by atoms with Gasteiger partial charge in [0.25, 0.3) is 0 Å². The number of aryl methyl sites for hydroxylation is 1. The van der Waals surface area contributed by atoms with E-state index in [1.807, 2.05) is 30.3 Å². The van der Waals surface area contributed by atoms with Crippen LogP contribution in [0.2, 0.25) is 5.15 Å². The minimum Gasteiger partial charge on any atom is -0.247 e. The van der Waals surface area contributed by atoms with Crippen LogP contribution in [-0.4, -0.2) is 35.2 Å². The SMILES string of the molecule is CNS(=O)(=O)c1ccc(Cl)nc1-c1nc(-c2ccccc2)nn1C. The highest BCUT2D eigenvalue weighted by Gasteiger charge is 2.23. The van der Waals surface area contributed by atoms with Crippen molar-refractivity contribution in [3.05, 3.63) is 47.6 Å². The molecule has 0 saturated heterocycles. The molecule has 124 valence electrons. The zero-order valence-electron chi connectivity index (χ0n) is 12.9. The summed E-state index contributed by atoms with van der Waals surface area (Å²) in [4.78, 5) is 8.58. The molecule has 0 aliphatic heterocycles. The van der Waals surface area contributed by atoms with E-state index in [9.17, 15) is 8.42 Å². The lowest BCUT2D eigenvalue weighted by molar-refractivity contribution is 0.588. The minimum atomic E-state index is -3.72. The van der Waals surface area contributed by atoms with Crippen LogP contribution in [0.4, 0.5) is 0 Å². The van der Waals surface area contributed by atoms with Crippen molar-refractivity contribution < 1.29 is 8.42 Å². The third-order valence-electron chi connectivity index (χ3n) is 3.39. The summed E-state index contributed by atoms with van der Waals surface area (Å²) in [6.45, 7) is 0. The molecule has 0 radical (unpaired) electrons. The van der Waals surface area contributed by atoms with E-state index in [-0.39, 0.29) is 15.7 Å². The van der Waals surface area contributed by atoms with E-state index in [1.165, 1.54) is 23.9 Å². The lowest BCUT2D eigenvalue weighted by Crippen LogP contribution is -2.20. The third kappa shape index (κ3) is 3.03. The van der Waals surface area contributed by atoms with E-state index >= 15 is 0 Å². The van der Waals surface area contributed by atoms with Gasteiger partial charge in [-0.2, -0.15) is 5.10 Å². The molecule has 2 heterocycles. The number of benzene rings is 1. The van der Waals surface area contributed by atoms with Crippen molar-refractivity contribution in [2.24, 2.45) is 7.05 Å². The van der Waals surface area contributed by atoms with E-state index < -0.39 is 10.0 Å². The van der Waals surface area contributed by atoms with Gasteiger partial charge in [-0.3, -0.25) is 0 Å². The summed E-state index contributed by atoms with van der Waals surface area (Å²) in [6.07, 6.45) is 0. The van der Waals surface area contributed by atoms with Crippen LogP contribution in [0.1, 0.15) is 0 Å². The van der Waals surface area contributed by atoms with Crippen LogP contribution in [0, 0.1) is 0 Å². The first kappa shape index (κ1) is 16.6. The molecular weight excluding hydrogens is 350 g/mol. The molecule has 0 fully saturated rings. The first-order chi connectivity index (χ1) is 11.4. The van der Waals surface area contributed by atoms with Gasteiger partial charge in [0.05, 0.1) is 0 Å². The number of hydrogen-bond acceptors (Lipinski definition) is 5. The van der Waals surface area contributed by atoms with Crippen LogP contribution < -0.4 is 4.72 Å². The van der Waals surface area contributed by atoms with Gasteiger partial charge in [0.1, 0.15) is 15.7 Å². The van der Waals surface area contributed by atoms with Gasteiger partial charge in [-0.15, -0.1) is 0 Å². The average Bonchev–Trinajstić information content (AvgIpc) is 2.97. The van der Waals surface area contributed by atoms with Crippen molar-refractivity contribution in [1.82, 2.24) is 24.5 Å². The van der Waals surface area contributed by atoms with Crippen LogP contribution in [0.3, 0.4) is 0 Å². The summed E-state index contributed by atoms with van der Waals surface area (Å²) < 4.78 is 28.2. The van der Waals surface area contributed by atoms with Gasteiger partial charge >= 0.3 is 0 Å². The quantitative estimate of drug-likeness (QED) is 0.717. The van der Waals surface area contributed by atoms with Crippen molar-refractivity contribution >= 4 is 21.6 Å². The largest absolute Gasteiger partial charge is 0.247 e. The van der Waals surface area contributed by atoms with E-state index in [0.29, 0.717) is 11.6 Å². The molecule has 1 N–H and O–H groups in total. The second kappa shape index (κ2) is 6.31. The summed E-state index contributed by atoms with van der Waals surface area (Å²) in [6, 6.07) is 12.2. The predicted molar refractivity (Wildman–Crippen MR) is 90.9 cm³/mol. The Morgan fingerprint density at radius 3 is 2.46 bits per heavy atom. The highest BCUT2D eigenvalue weighted by Crippen LogP contribution is 2.27. The molecule has 0 amide bonds. The van der Waals surface area contributed by atoms with E-state index in [2.05, 4.69) is 19.8 Å². The zero-order valence-corrected chi connectivity index (χ0v) is 14.5. The molecule has 0 saturated carbocycles. The Morgan fingerprint density at radius 1 is 1.08 bits per heavy atom. The summed E-state index contributed by atoms with van der Waals surface area (Å²) in [5, 5.41) is 4.51. The van der Waals surface area contributed by atoms with Crippen molar-refractivity contribution in [2.45, 2.75) is 4.90 Å². The normalized spacial score (nSPS) is 11.6. The number of pyridine rings is 1. The number of sulfonamides is 1. The summed E-state index contributed by atoms with van der Waals surface area (Å²) in [5.74, 6) is 0.785. The molecule has 0 aliphatic rings. The molecule has 0 atom stereocenters. The fourth-order valence-corrected chi connectivity index (χ4v) is 3.22. The molecule has 9 heteroatoms. The second-order valence-corrected chi connectivity index (χ2v) is 7.18. The van der Waals surface area contributed by atoms with Crippen molar-refractivity contribution in [1.29, 1.82) is 0 Å². The maximum absolute atomic E-state index is 12.2. The molecule has 0 aliphatic carbocycles. The Labute approximate surface area is 144 Å². The Bertz CT molecular complexity index is 986. The molecule has 2 aromatic heterocycles. The van der Waals surface area contributed by atoms with Gasteiger partial charge in [-0.1, -0.05) is 41.9 Å². The van der Waals surface area contributed by atoms with Crippen molar-refractivity contribution in [3.63, 3.8) is 0 Å². The maximum atomic E-state index is 12.2. The Balaban J connectivity index is 2.20. The monoisotopic (exact) mass is 363 g/mol. The molecule has 0 unspecified atom stereocenters. The highest BCUT2D eigenvalue weighted by molar-refractivity contribution is 7.89. The molecule has 3 rings (SSSR count). The lowest BCUT2D eigenvalue weighted by Gasteiger charge is -2.08. The minimum absolute atomic E-state index is 0.00971. The van der Waals surface area contributed by atoms with Gasteiger partial charge in [0, 0.05) is 12.6 Å². The van der Waals surface area contributed by atoms with Crippen LogP contribution in [0.25, 0.3) is 22.9 Å². The fourth-order valence-electron chi connectivity index (χ4n) is 2.21. The molecular formula is C15H14ClN5O2S. The molecule has 0 bridgehead atoms. The van der Waals surface area contributed by atoms with Crippen molar-refractivity contribution in [3.8, 4) is 22.9 Å². The van der Waals surface area contributed by atoms with E-state index in [0.717, 1.165) is 5.56 Å². The van der Waals surface area contributed by atoms with Gasteiger partial charge in [0.2, 0.25) is 10.0 Å². The zero-order chi connectivity index (χ0) is 17.3. The molecule has 7 nitrogen and oxygen atoms in total. The first-order valence-electron chi connectivity index (χ1n) is 6.99. The van der Waals surface area contributed by atoms with Crippen LogP contribution in [0.15, 0.2) is 47.4 Å². The second-order valence-electron chi connectivity index (χ2n) is 4.94. The van der Waals surface area contributed by atoms with Crippen LogP contribution in [-0.2, 0) is 17.1 Å². The van der Waals surface area contributed by atoms with Gasteiger partial charge in [0.15, 0.2) is 11.6 Å². The highest BCUT2D eigenvalue weighted by atomic mass is 35.5. The summed E-state index contributed by atoms with van der Waals surface area (Å²) in [7, 11) is -0.711. The number of aromatic nitrogens is 4. The number of rotatable bonds is 4. The molecule has 1 aromatic carbocycles. The Morgan fingerprint density at radius 2 is 1.79 bits per heavy atom. The molecule has 24 heavy (non-hydrogen) atoms. The number of nitrogens with one attached hydrogen (secondary N) is 1. The average molecular weight is 364 g/mol. The van der Waals surface area contributed by atoms with E-state index in [4.69, 9.17) is 11.6 Å². The Hall–Kier alpha value is -2.29. The predicted octanol–water partition coefficient (Wildman–Crippen LogP) is 2.11. The van der Waals surface area contributed by atoms with Gasteiger partial charge in [-0.05, 0) is 19.2 Å². The Kier molecular flexibility index (Phi) is 4.35. The van der Waals surface area contributed by atoms with Gasteiger partial charge < -0.3 is 0 Å². The number of nitrogens with zero attached hydrogens (tertiary/aromatic N) is 4. The van der Waals surface area contributed by atoms with E-state index in [1.54, 1.807) is 7.05 Å². The van der Waals surface area contributed by atoms with Crippen LogP contribution in [0.5, 0.6) is 0 Å². The summed E-state index contributed by atoms with van der Waals surface area (Å²) in [5.41, 5.74) is 0.966. The van der Waals surface area contributed by atoms with Crippen molar-refractivity contribution in [2.75, 3.05) is 7.05 Å². The lowest BCUT2D eigenvalue weighted by atomic mass is 10.2. The molecule has 3 aromatic rings. The topological polar surface area (TPSA) is 89.8 Å². The smallest absolute Gasteiger partial charge is 0.242 e. The maximum Gasteiger partial charge on any atom is 0.242 e. The third-order valence-corrected chi connectivity index (χ3v) is 5.05. The fraction of sp³-hybridized carbons (Fsp3) is 0.133. The standard InChI is InChI=1S/C15H14ClN5O2S/c1-17-24(22,23)11-8-9-12(16)18-13(11)15-19-14(20-21(15)2)10-6-4-3-5-7-10/h3-9,17H,1-2H3. The summed E-state index contributed by atoms with van der Waals surface area (Å²) >= 11 is 5.95. The van der Waals surface area contributed by atoms with Crippen LogP contribution >= 0.6 is 11.6 Å². The first-order valence-corrected chi connectivity index (χ1v) is 8.85. The number of halogens is 1. The van der Waals surface area contributed by atoms with Gasteiger partial charge in [-0.25, -0.2) is 27.8 Å². The number of hydrogen-bond donors (Lipinski definition) is 1. The molecule has 0 spiro atoms.